The van der Waals surface area contributed by atoms with E-state index in [4.69, 9.17) is 12.2 Å². The van der Waals surface area contributed by atoms with Gasteiger partial charge in [-0.05, 0) is 49.3 Å². The second-order valence-corrected chi connectivity index (χ2v) is 7.04. The van der Waals surface area contributed by atoms with Gasteiger partial charge in [0.25, 0.3) is 0 Å². The lowest BCUT2D eigenvalue weighted by atomic mass is 9.95. The Hall–Kier alpha value is -3.19. The van der Waals surface area contributed by atoms with Gasteiger partial charge in [0, 0.05) is 36.6 Å². The van der Waals surface area contributed by atoms with Crippen LogP contribution in [-0.2, 0) is 6.42 Å². The highest BCUT2D eigenvalue weighted by Gasteiger charge is 2.27. The number of ketones is 1. The summed E-state index contributed by atoms with van der Waals surface area (Å²) in [6.45, 7) is 0. The van der Waals surface area contributed by atoms with Crippen LogP contribution in [0.25, 0.3) is 11.3 Å². The Morgan fingerprint density at radius 2 is 2.00 bits per heavy atom. The molecule has 142 valence electrons. The monoisotopic (exact) mass is 391 g/mol. The molecular formula is C21H21N5OS. The number of benzene rings is 1. The molecule has 6 nitrogen and oxygen atoms in total. The first kappa shape index (κ1) is 18.2. The zero-order chi connectivity index (χ0) is 19.5. The van der Waals surface area contributed by atoms with E-state index < -0.39 is 0 Å². The van der Waals surface area contributed by atoms with Crippen molar-refractivity contribution < 1.29 is 4.79 Å². The van der Waals surface area contributed by atoms with Crippen LogP contribution in [0.2, 0.25) is 0 Å². The minimum absolute atomic E-state index is 0.172. The summed E-state index contributed by atoms with van der Waals surface area (Å²) in [6, 6.07) is 13.7. The summed E-state index contributed by atoms with van der Waals surface area (Å²) in [7, 11) is 1.76. The number of aryl methyl sites for hydroxylation is 1. The van der Waals surface area contributed by atoms with E-state index in [1.54, 1.807) is 13.2 Å². The summed E-state index contributed by atoms with van der Waals surface area (Å²) in [5.41, 5.74) is 5.32. The third-order valence-electron chi connectivity index (χ3n) is 4.75. The lowest BCUT2D eigenvalue weighted by Gasteiger charge is -2.14. The van der Waals surface area contributed by atoms with Crippen LogP contribution in [-0.4, -0.2) is 27.9 Å². The Morgan fingerprint density at radius 3 is 2.79 bits per heavy atom. The SMILES string of the molecule is CNC(=S)Nc1cc(-c2[nH]c3c(c2Nc2ccccc2)C(=O)CCC3)ccn1. The molecule has 0 spiro atoms. The maximum atomic E-state index is 12.7. The zero-order valence-electron chi connectivity index (χ0n) is 15.5. The lowest BCUT2D eigenvalue weighted by Crippen LogP contribution is -2.24. The Morgan fingerprint density at radius 1 is 1.18 bits per heavy atom. The Bertz CT molecular complexity index is 1030. The van der Waals surface area contributed by atoms with Gasteiger partial charge in [0.2, 0.25) is 0 Å². The van der Waals surface area contributed by atoms with Crippen LogP contribution in [0.15, 0.2) is 48.7 Å². The number of hydrogen-bond donors (Lipinski definition) is 4. The summed E-state index contributed by atoms with van der Waals surface area (Å²) >= 11 is 5.17. The number of nitrogens with zero attached hydrogens (tertiary/aromatic N) is 1. The number of Topliss-reactive ketones (excluding diaryl/α,β-unsaturated/α-hetero) is 1. The molecule has 1 aliphatic carbocycles. The second-order valence-electron chi connectivity index (χ2n) is 6.63. The topological polar surface area (TPSA) is 81.8 Å². The summed E-state index contributed by atoms with van der Waals surface area (Å²) in [6.07, 6.45) is 4.04. The highest BCUT2D eigenvalue weighted by Crippen LogP contribution is 2.39. The fourth-order valence-corrected chi connectivity index (χ4v) is 3.54. The molecule has 0 unspecified atom stereocenters. The molecule has 28 heavy (non-hydrogen) atoms. The first-order valence-electron chi connectivity index (χ1n) is 9.21. The van der Waals surface area contributed by atoms with E-state index in [2.05, 4.69) is 25.9 Å². The number of rotatable bonds is 4. The molecule has 0 bridgehead atoms. The van der Waals surface area contributed by atoms with Gasteiger partial charge in [0.05, 0.1) is 16.9 Å². The number of carbonyl (C=O) groups excluding carboxylic acids is 1. The van der Waals surface area contributed by atoms with E-state index >= 15 is 0 Å². The predicted octanol–water partition coefficient (Wildman–Crippen LogP) is 4.26. The van der Waals surface area contributed by atoms with Crippen molar-refractivity contribution in [1.29, 1.82) is 0 Å². The van der Waals surface area contributed by atoms with Gasteiger partial charge < -0.3 is 20.9 Å². The largest absolute Gasteiger partial charge is 0.365 e. The van der Waals surface area contributed by atoms with Crippen LogP contribution in [0.4, 0.5) is 17.2 Å². The Kier molecular flexibility index (Phi) is 5.08. The molecule has 1 aromatic carbocycles. The number of aromatic amines is 1. The molecule has 7 heteroatoms. The number of pyridine rings is 1. The lowest BCUT2D eigenvalue weighted by molar-refractivity contribution is 0.0973. The van der Waals surface area contributed by atoms with Gasteiger partial charge in [-0.3, -0.25) is 4.79 Å². The van der Waals surface area contributed by atoms with Gasteiger partial charge in [-0.2, -0.15) is 0 Å². The maximum absolute atomic E-state index is 12.7. The number of nitrogens with one attached hydrogen (secondary N) is 4. The molecule has 3 aromatic rings. The third kappa shape index (κ3) is 3.61. The van der Waals surface area contributed by atoms with E-state index in [0.717, 1.165) is 46.7 Å². The van der Waals surface area contributed by atoms with E-state index in [0.29, 0.717) is 17.4 Å². The molecule has 2 heterocycles. The molecule has 0 amide bonds. The van der Waals surface area contributed by atoms with Crippen LogP contribution in [0.1, 0.15) is 28.9 Å². The fourth-order valence-electron chi connectivity index (χ4n) is 3.44. The van der Waals surface area contributed by atoms with Crippen molar-refractivity contribution in [3.05, 3.63) is 59.9 Å². The number of hydrogen-bond acceptors (Lipinski definition) is 4. The van der Waals surface area contributed by atoms with E-state index in [-0.39, 0.29) is 5.78 Å². The average molecular weight is 392 g/mol. The number of fused-ring (bicyclic) bond motifs is 1. The van der Waals surface area contributed by atoms with E-state index in [9.17, 15) is 4.79 Å². The third-order valence-corrected chi connectivity index (χ3v) is 5.05. The van der Waals surface area contributed by atoms with E-state index in [1.165, 1.54) is 0 Å². The molecule has 0 saturated heterocycles. The first-order valence-corrected chi connectivity index (χ1v) is 9.62. The van der Waals surface area contributed by atoms with Gasteiger partial charge in [-0.15, -0.1) is 0 Å². The molecule has 2 aromatic heterocycles. The number of para-hydroxylation sites is 1. The minimum atomic E-state index is 0.172. The molecule has 0 radical (unpaired) electrons. The molecule has 0 atom stereocenters. The van der Waals surface area contributed by atoms with Gasteiger partial charge >= 0.3 is 0 Å². The standard InChI is InChI=1S/C21H21N5OS/c1-22-21(28)26-17-12-13(10-11-23-17)19-20(24-14-6-3-2-4-7-14)18-15(25-19)8-5-9-16(18)27/h2-4,6-7,10-12,24-25H,5,8-9H2,1H3,(H2,22,23,26,28). The van der Waals surface area contributed by atoms with Crippen molar-refractivity contribution in [3.8, 4) is 11.3 Å². The summed E-state index contributed by atoms with van der Waals surface area (Å²) in [5, 5.41) is 9.87. The van der Waals surface area contributed by atoms with Crippen molar-refractivity contribution in [2.75, 3.05) is 17.7 Å². The molecule has 0 aliphatic heterocycles. The Labute approximate surface area is 168 Å². The van der Waals surface area contributed by atoms with Crippen LogP contribution >= 0.6 is 12.2 Å². The van der Waals surface area contributed by atoms with Crippen molar-refractivity contribution in [2.45, 2.75) is 19.3 Å². The first-order chi connectivity index (χ1) is 13.7. The van der Waals surface area contributed by atoms with Gasteiger partial charge in [0.15, 0.2) is 10.9 Å². The van der Waals surface area contributed by atoms with Crippen LogP contribution in [0.5, 0.6) is 0 Å². The Balaban J connectivity index is 1.79. The molecule has 1 aliphatic rings. The van der Waals surface area contributed by atoms with Crippen LogP contribution < -0.4 is 16.0 Å². The smallest absolute Gasteiger partial charge is 0.171 e. The summed E-state index contributed by atoms with van der Waals surface area (Å²) in [4.78, 5) is 20.5. The quantitative estimate of drug-likeness (QED) is 0.498. The minimum Gasteiger partial charge on any atom is -0.365 e. The summed E-state index contributed by atoms with van der Waals surface area (Å²) in [5.74, 6) is 0.812. The zero-order valence-corrected chi connectivity index (χ0v) is 16.3. The molecule has 0 saturated carbocycles. The highest BCUT2D eigenvalue weighted by atomic mass is 32.1. The normalized spacial score (nSPS) is 13.0. The maximum Gasteiger partial charge on any atom is 0.171 e. The predicted molar refractivity (Wildman–Crippen MR) is 116 cm³/mol. The number of anilines is 3. The molecular weight excluding hydrogens is 370 g/mol. The molecule has 0 fully saturated rings. The van der Waals surface area contributed by atoms with Crippen LogP contribution in [0, 0.1) is 0 Å². The molecule has 4 rings (SSSR count). The van der Waals surface area contributed by atoms with Crippen molar-refractivity contribution in [2.24, 2.45) is 0 Å². The number of carbonyl (C=O) groups is 1. The van der Waals surface area contributed by atoms with Crippen molar-refractivity contribution in [3.63, 3.8) is 0 Å². The van der Waals surface area contributed by atoms with Crippen LogP contribution in [0.3, 0.4) is 0 Å². The molecule has 4 N–H and O–H groups in total. The fraction of sp³-hybridized carbons (Fsp3) is 0.190. The van der Waals surface area contributed by atoms with Gasteiger partial charge in [-0.1, -0.05) is 18.2 Å². The second kappa shape index (κ2) is 7.82. The summed E-state index contributed by atoms with van der Waals surface area (Å²) < 4.78 is 0. The number of thiocarbonyl (C=S) groups is 1. The number of H-pyrrole nitrogens is 1. The number of aromatic nitrogens is 2. The van der Waals surface area contributed by atoms with Gasteiger partial charge in [0.1, 0.15) is 5.82 Å². The van der Waals surface area contributed by atoms with Gasteiger partial charge in [-0.25, -0.2) is 4.98 Å². The highest BCUT2D eigenvalue weighted by molar-refractivity contribution is 7.80. The van der Waals surface area contributed by atoms with Crippen molar-refractivity contribution >= 4 is 40.3 Å². The average Bonchev–Trinajstić information content (AvgIpc) is 3.08. The van der Waals surface area contributed by atoms with Crippen molar-refractivity contribution in [1.82, 2.24) is 15.3 Å². The van der Waals surface area contributed by atoms with E-state index in [1.807, 2.05) is 42.5 Å².